The van der Waals surface area contributed by atoms with Crippen molar-refractivity contribution in [2.24, 2.45) is 0 Å². The Morgan fingerprint density at radius 1 is 1.42 bits per heavy atom. The molecular formula is C11H16N2O5S. The van der Waals surface area contributed by atoms with Gasteiger partial charge in [0.15, 0.2) is 4.90 Å². The van der Waals surface area contributed by atoms with E-state index in [0.29, 0.717) is 0 Å². The van der Waals surface area contributed by atoms with Gasteiger partial charge >= 0.3 is 0 Å². The number of sulfonamides is 1. The summed E-state index contributed by atoms with van der Waals surface area (Å²) in [5.74, 6) is 0. The van der Waals surface area contributed by atoms with Crippen molar-refractivity contribution in [3.05, 3.63) is 34.4 Å². The SMILES string of the molecule is CC(O)CCN(C)S(=O)(=O)c1ccccc1[N+](=O)[O-]. The van der Waals surface area contributed by atoms with Crippen molar-refractivity contribution in [1.82, 2.24) is 4.31 Å². The molecule has 0 saturated heterocycles. The molecule has 0 saturated carbocycles. The number of nitrogens with zero attached hydrogens (tertiary/aromatic N) is 2. The molecule has 19 heavy (non-hydrogen) atoms. The summed E-state index contributed by atoms with van der Waals surface area (Å²) in [6.45, 7) is 1.64. The summed E-state index contributed by atoms with van der Waals surface area (Å²) in [6, 6.07) is 5.19. The minimum atomic E-state index is -3.93. The molecule has 0 bridgehead atoms. The second kappa shape index (κ2) is 6.09. The van der Waals surface area contributed by atoms with Gasteiger partial charge in [0.05, 0.1) is 11.0 Å². The summed E-state index contributed by atoms with van der Waals surface area (Å²) in [6.07, 6.45) is -0.375. The summed E-state index contributed by atoms with van der Waals surface area (Å²) in [7, 11) is -2.60. The summed E-state index contributed by atoms with van der Waals surface area (Å²) in [5.41, 5.74) is -0.452. The third-order valence-electron chi connectivity index (χ3n) is 2.61. The lowest BCUT2D eigenvalue weighted by Crippen LogP contribution is -2.30. The molecule has 0 aliphatic heterocycles. The smallest absolute Gasteiger partial charge is 0.289 e. The van der Waals surface area contributed by atoms with Gasteiger partial charge in [-0.15, -0.1) is 0 Å². The van der Waals surface area contributed by atoms with Crippen molar-refractivity contribution >= 4 is 15.7 Å². The number of benzene rings is 1. The Hall–Kier alpha value is -1.51. The first kappa shape index (κ1) is 15.5. The highest BCUT2D eigenvalue weighted by molar-refractivity contribution is 7.89. The predicted molar refractivity (Wildman–Crippen MR) is 69.2 cm³/mol. The Morgan fingerprint density at radius 2 is 2.00 bits per heavy atom. The van der Waals surface area contributed by atoms with Crippen molar-refractivity contribution in [2.75, 3.05) is 13.6 Å². The highest BCUT2D eigenvalue weighted by Gasteiger charge is 2.28. The first-order valence-corrected chi connectivity index (χ1v) is 7.08. The van der Waals surface area contributed by atoms with Crippen LogP contribution in [0.25, 0.3) is 0 Å². The van der Waals surface area contributed by atoms with Crippen LogP contribution < -0.4 is 0 Å². The molecule has 1 atom stereocenters. The number of para-hydroxylation sites is 1. The van der Waals surface area contributed by atoms with Crippen LogP contribution in [0, 0.1) is 10.1 Å². The van der Waals surface area contributed by atoms with Crippen LogP contribution in [-0.4, -0.2) is 42.4 Å². The highest BCUT2D eigenvalue weighted by Crippen LogP contribution is 2.25. The van der Waals surface area contributed by atoms with Gasteiger partial charge in [-0.2, -0.15) is 0 Å². The van der Waals surface area contributed by atoms with Crippen LogP contribution in [0.1, 0.15) is 13.3 Å². The second-order valence-corrected chi connectivity index (χ2v) is 6.20. The van der Waals surface area contributed by atoms with E-state index in [0.717, 1.165) is 10.4 Å². The van der Waals surface area contributed by atoms with E-state index in [4.69, 9.17) is 5.11 Å². The Kier molecular flexibility index (Phi) is 4.98. The van der Waals surface area contributed by atoms with E-state index in [1.165, 1.54) is 25.2 Å². The maximum absolute atomic E-state index is 12.2. The van der Waals surface area contributed by atoms with E-state index in [1.54, 1.807) is 6.92 Å². The minimum Gasteiger partial charge on any atom is -0.393 e. The normalized spacial score (nSPS) is 13.5. The number of nitro groups is 1. The molecule has 0 heterocycles. The Labute approximate surface area is 111 Å². The van der Waals surface area contributed by atoms with Gasteiger partial charge in [-0.05, 0) is 19.4 Å². The van der Waals surface area contributed by atoms with Crippen LogP contribution in [0.15, 0.2) is 29.2 Å². The van der Waals surface area contributed by atoms with E-state index < -0.39 is 26.7 Å². The van der Waals surface area contributed by atoms with Crippen LogP contribution in [-0.2, 0) is 10.0 Å². The molecule has 1 N–H and O–H groups in total. The lowest BCUT2D eigenvalue weighted by molar-refractivity contribution is -0.387. The number of aliphatic hydroxyl groups is 1. The number of hydrogen-bond donors (Lipinski definition) is 1. The Balaban J connectivity index is 3.10. The molecule has 0 radical (unpaired) electrons. The van der Waals surface area contributed by atoms with Crippen LogP contribution in [0.2, 0.25) is 0 Å². The summed E-state index contributed by atoms with van der Waals surface area (Å²) >= 11 is 0. The zero-order valence-electron chi connectivity index (χ0n) is 10.7. The molecule has 0 aliphatic carbocycles. The van der Waals surface area contributed by atoms with E-state index in [9.17, 15) is 18.5 Å². The van der Waals surface area contributed by atoms with Crippen LogP contribution in [0.4, 0.5) is 5.69 Å². The molecule has 1 rings (SSSR count). The van der Waals surface area contributed by atoms with Crippen LogP contribution >= 0.6 is 0 Å². The Morgan fingerprint density at radius 3 is 2.53 bits per heavy atom. The monoisotopic (exact) mass is 288 g/mol. The molecule has 106 valence electrons. The van der Waals surface area contributed by atoms with Crippen LogP contribution in [0.5, 0.6) is 0 Å². The first-order chi connectivity index (χ1) is 8.76. The molecular weight excluding hydrogens is 272 g/mol. The molecule has 1 unspecified atom stereocenters. The molecule has 7 nitrogen and oxygen atoms in total. The van der Waals surface area contributed by atoms with Crippen molar-refractivity contribution in [3.63, 3.8) is 0 Å². The quantitative estimate of drug-likeness (QED) is 0.621. The maximum atomic E-state index is 12.2. The number of aliphatic hydroxyl groups excluding tert-OH is 1. The molecule has 0 aromatic heterocycles. The van der Waals surface area contributed by atoms with Crippen molar-refractivity contribution < 1.29 is 18.4 Å². The Bertz CT molecular complexity index is 556. The van der Waals surface area contributed by atoms with Crippen LogP contribution in [0.3, 0.4) is 0 Å². The van der Waals surface area contributed by atoms with Gasteiger partial charge < -0.3 is 5.11 Å². The van der Waals surface area contributed by atoms with Gasteiger partial charge in [0.25, 0.3) is 5.69 Å². The molecule has 0 spiro atoms. The predicted octanol–water partition coefficient (Wildman–Crippen LogP) is 0.986. The second-order valence-electron chi connectivity index (χ2n) is 4.19. The zero-order valence-corrected chi connectivity index (χ0v) is 11.5. The average molecular weight is 288 g/mol. The number of rotatable bonds is 6. The van der Waals surface area contributed by atoms with Gasteiger partial charge in [-0.1, -0.05) is 12.1 Å². The summed E-state index contributed by atoms with van der Waals surface area (Å²) in [4.78, 5) is 9.77. The van der Waals surface area contributed by atoms with Gasteiger partial charge in [-0.25, -0.2) is 12.7 Å². The molecule has 8 heteroatoms. The molecule has 0 amide bonds. The van der Waals surface area contributed by atoms with E-state index in [1.807, 2.05) is 0 Å². The lowest BCUT2D eigenvalue weighted by atomic mass is 10.3. The van der Waals surface area contributed by atoms with Gasteiger partial charge in [-0.3, -0.25) is 10.1 Å². The topological polar surface area (TPSA) is 101 Å². The van der Waals surface area contributed by atoms with Crippen molar-refractivity contribution in [2.45, 2.75) is 24.3 Å². The van der Waals surface area contributed by atoms with E-state index in [2.05, 4.69) is 0 Å². The fourth-order valence-electron chi connectivity index (χ4n) is 1.48. The summed E-state index contributed by atoms with van der Waals surface area (Å²) in [5, 5.41) is 20.0. The average Bonchev–Trinajstić information content (AvgIpc) is 2.35. The lowest BCUT2D eigenvalue weighted by Gasteiger charge is -2.17. The fourth-order valence-corrected chi connectivity index (χ4v) is 2.82. The van der Waals surface area contributed by atoms with Crippen molar-refractivity contribution in [3.8, 4) is 0 Å². The van der Waals surface area contributed by atoms with Gasteiger partial charge in [0, 0.05) is 19.7 Å². The standard InChI is InChI=1S/C11H16N2O5S/c1-9(14)7-8-12(2)19(17,18)11-6-4-3-5-10(11)13(15)16/h3-6,9,14H,7-8H2,1-2H3. The zero-order chi connectivity index (χ0) is 14.6. The van der Waals surface area contributed by atoms with E-state index >= 15 is 0 Å². The van der Waals surface area contributed by atoms with E-state index in [-0.39, 0.29) is 17.9 Å². The fraction of sp³-hybridized carbons (Fsp3) is 0.455. The molecule has 0 fully saturated rings. The third kappa shape index (κ3) is 3.72. The molecule has 1 aromatic carbocycles. The number of hydrogen-bond acceptors (Lipinski definition) is 5. The molecule has 0 aliphatic rings. The first-order valence-electron chi connectivity index (χ1n) is 5.64. The number of nitro benzene ring substituents is 1. The van der Waals surface area contributed by atoms with Crippen molar-refractivity contribution in [1.29, 1.82) is 0 Å². The third-order valence-corrected chi connectivity index (χ3v) is 4.52. The largest absolute Gasteiger partial charge is 0.393 e. The summed E-state index contributed by atoms with van der Waals surface area (Å²) < 4.78 is 25.4. The maximum Gasteiger partial charge on any atom is 0.289 e. The highest BCUT2D eigenvalue weighted by atomic mass is 32.2. The minimum absolute atomic E-state index is 0.0893. The molecule has 1 aromatic rings. The van der Waals surface area contributed by atoms with Gasteiger partial charge in [0.2, 0.25) is 10.0 Å². The van der Waals surface area contributed by atoms with Gasteiger partial charge in [0.1, 0.15) is 0 Å².